The summed E-state index contributed by atoms with van der Waals surface area (Å²) in [5, 5.41) is 9.06. The zero-order valence-electron chi connectivity index (χ0n) is 10.7. The fourth-order valence-electron chi connectivity index (χ4n) is 2.68. The molecule has 0 spiro atoms. The number of hydrogen-bond acceptors (Lipinski definition) is 3. The Morgan fingerprint density at radius 1 is 1.40 bits per heavy atom. The van der Waals surface area contributed by atoms with E-state index in [4.69, 9.17) is 14.6 Å². The minimum absolute atomic E-state index is 0.0871. The van der Waals surface area contributed by atoms with E-state index in [2.05, 4.69) is 15.9 Å². The molecular formula is C14H14BrFO4. The van der Waals surface area contributed by atoms with Crippen LogP contribution in [-0.2, 0) is 10.2 Å². The van der Waals surface area contributed by atoms with Crippen LogP contribution in [0, 0.1) is 5.82 Å². The molecule has 1 N–H and O–H groups in total. The number of benzene rings is 1. The molecule has 108 valence electrons. The largest absolute Gasteiger partial charge is 0.490 e. The highest BCUT2D eigenvalue weighted by molar-refractivity contribution is 9.10. The highest BCUT2D eigenvalue weighted by Gasteiger charge is 2.50. The van der Waals surface area contributed by atoms with Gasteiger partial charge < -0.3 is 14.6 Å². The van der Waals surface area contributed by atoms with Gasteiger partial charge in [0.2, 0.25) is 0 Å². The molecule has 0 radical (unpaired) electrons. The third kappa shape index (κ3) is 2.26. The summed E-state index contributed by atoms with van der Waals surface area (Å²) in [4.78, 5) is 11.1. The van der Waals surface area contributed by atoms with Gasteiger partial charge in [-0.2, -0.15) is 0 Å². The number of hydrogen-bond donors (Lipinski definition) is 1. The van der Waals surface area contributed by atoms with E-state index in [1.165, 1.54) is 0 Å². The number of ether oxygens (including phenoxy) is 2. The molecule has 2 aliphatic rings. The summed E-state index contributed by atoms with van der Waals surface area (Å²) < 4.78 is 26.0. The van der Waals surface area contributed by atoms with Crippen LogP contribution in [0.2, 0.25) is 0 Å². The van der Waals surface area contributed by atoms with Gasteiger partial charge in [0.1, 0.15) is 5.82 Å². The minimum atomic E-state index is -0.926. The summed E-state index contributed by atoms with van der Waals surface area (Å²) in [5.74, 6) is -0.498. The molecule has 0 atom stereocenters. The van der Waals surface area contributed by atoms with Crippen LogP contribution < -0.4 is 9.47 Å². The van der Waals surface area contributed by atoms with Gasteiger partial charge in [0.05, 0.1) is 24.1 Å². The van der Waals surface area contributed by atoms with E-state index in [0.29, 0.717) is 43.1 Å². The molecule has 1 aromatic carbocycles. The van der Waals surface area contributed by atoms with E-state index in [9.17, 15) is 9.18 Å². The van der Waals surface area contributed by atoms with Gasteiger partial charge >= 0.3 is 5.97 Å². The van der Waals surface area contributed by atoms with E-state index < -0.39 is 17.2 Å². The number of carbonyl (C=O) groups is 1. The Morgan fingerprint density at radius 3 is 2.75 bits per heavy atom. The monoisotopic (exact) mass is 344 g/mol. The summed E-state index contributed by atoms with van der Waals surface area (Å²) in [7, 11) is 0. The Kier molecular flexibility index (Phi) is 3.36. The van der Waals surface area contributed by atoms with E-state index >= 15 is 0 Å². The molecule has 0 bridgehead atoms. The van der Waals surface area contributed by atoms with Crippen molar-refractivity contribution in [2.75, 3.05) is 13.2 Å². The summed E-state index contributed by atoms with van der Waals surface area (Å²) >= 11 is 3.18. The molecule has 1 aromatic rings. The van der Waals surface area contributed by atoms with E-state index in [-0.39, 0.29) is 10.9 Å². The second kappa shape index (κ2) is 4.91. The van der Waals surface area contributed by atoms with Crippen LogP contribution in [0.3, 0.4) is 0 Å². The predicted molar refractivity (Wildman–Crippen MR) is 72.9 cm³/mol. The van der Waals surface area contributed by atoms with Gasteiger partial charge in [0.15, 0.2) is 11.5 Å². The molecule has 0 saturated heterocycles. The highest BCUT2D eigenvalue weighted by Crippen LogP contribution is 2.57. The molecule has 0 amide bonds. The van der Waals surface area contributed by atoms with Gasteiger partial charge in [-0.05, 0) is 28.8 Å². The van der Waals surface area contributed by atoms with E-state index in [1.807, 2.05) is 0 Å². The first-order valence-electron chi connectivity index (χ1n) is 6.53. The van der Waals surface area contributed by atoms with Gasteiger partial charge in [-0.3, -0.25) is 4.79 Å². The van der Waals surface area contributed by atoms with Crippen molar-refractivity contribution in [1.29, 1.82) is 0 Å². The van der Waals surface area contributed by atoms with Gasteiger partial charge in [0.25, 0.3) is 0 Å². The summed E-state index contributed by atoms with van der Waals surface area (Å²) in [6, 6.07) is 1.55. The third-order valence-electron chi connectivity index (χ3n) is 3.80. The summed E-state index contributed by atoms with van der Waals surface area (Å²) in [6.45, 7) is 0.959. The Hall–Kier alpha value is -1.30. The molecule has 1 aliphatic heterocycles. The van der Waals surface area contributed by atoms with Gasteiger partial charge in [-0.15, -0.1) is 0 Å². The number of carboxylic acid groups (broad SMARTS) is 1. The second-order valence-electron chi connectivity index (χ2n) is 5.28. The number of halogens is 2. The lowest BCUT2D eigenvalue weighted by atomic mass is 9.90. The maximum atomic E-state index is 14.5. The molecule has 4 nitrogen and oxygen atoms in total. The van der Waals surface area contributed by atoms with Crippen molar-refractivity contribution in [2.45, 2.75) is 31.1 Å². The van der Waals surface area contributed by atoms with Crippen LogP contribution in [0.1, 0.15) is 31.2 Å². The summed E-state index contributed by atoms with van der Waals surface area (Å²) in [5.41, 5.74) is -0.302. The zero-order chi connectivity index (χ0) is 14.3. The van der Waals surface area contributed by atoms with Gasteiger partial charge in [-0.1, -0.05) is 0 Å². The molecule has 1 heterocycles. The van der Waals surface area contributed by atoms with Gasteiger partial charge in [-0.25, -0.2) is 4.39 Å². The van der Waals surface area contributed by atoms with E-state index in [0.717, 1.165) is 6.42 Å². The van der Waals surface area contributed by atoms with Crippen LogP contribution in [0.15, 0.2) is 10.5 Å². The lowest BCUT2D eigenvalue weighted by molar-refractivity contribution is -0.137. The number of rotatable bonds is 3. The topological polar surface area (TPSA) is 55.8 Å². The van der Waals surface area contributed by atoms with E-state index in [1.54, 1.807) is 6.07 Å². The fraction of sp³-hybridized carbons (Fsp3) is 0.500. The van der Waals surface area contributed by atoms with Crippen LogP contribution in [-0.4, -0.2) is 24.3 Å². The van der Waals surface area contributed by atoms with Crippen LogP contribution >= 0.6 is 15.9 Å². The predicted octanol–water partition coefficient (Wildman–Crippen LogP) is 3.26. The number of aliphatic carboxylic acids is 1. The quantitative estimate of drug-likeness (QED) is 0.914. The Balaban J connectivity index is 2.14. The van der Waals surface area contributed by atoms with Crippen LogP contribution in [0.25, 0.3) is 0 Å². The standard InChI is InChI=1S/C14H14BrFO4/c15-8-6-9-13(20-5-1-4-19-9)11(12(8)16)14(2-3-14)7-10(17)18/h6H,1-5,7H2,(H,17,18). The Labute approximate surface area is 124 Å². The Bertz CT molecular complexity index is 569. The normalized spacial score (nSPS) is 19.3. The smallest absolute Gasteiger partial charge is 0.304 e. The maximum Gasteiger partial charge on any atom is 0.304 e. The van der Waals surface area contributed by atoms with Crippen molar-refractivity contribution in [2.24, 2.45) is 0 Å². The van der Waals surface area contributed by atoms with Crippen molar-refractivity contribution in [3.8, 4) is 11.5 Å². The SMILES string of the molecule is O=C(O)CC1(c2c(F)c(Br)cc3c2OCCCO3)CC1. The second-order valence-corrected chi connectivity index (χ2v) is 6.13. The van der Waals surface area contributed by atoms with Crippen molar-refractivity contribution in [3.05, 3.63) is 21.9 Å². The molecule has 1 aliphatic carbocycles. The molecule has 0 aromatic heterocycles. The maximum absolute atomic E-state index is 14.5. The molecule has 6 heteroatoms. The Morgan fingerprint density at radius 2 is 2.10 bits per heavy atom. The average Bonchev–Trinajstić information content (AvgIpc) is 3.15. The first-order chi connectivity index (χ1) is 9.53. The molecule has 3 rings (SSSR count). The molecule has 0 unspecified atom stereocenters. The highest BCUT2D eigenvalue weighted by atomic mass is 79.9. The molecular weight excluding hydrogens is 331 g/mol. The lowest BCUT2D eigenvalue weighted by Crippen LogP contribution is -2.17. The lowest BCUT2D eigenvalue weighted by Gasteiger charge is -2.20. The number of fused-ring (bicyclic) bond motifs is 1. The van der Waals surface area contributed by atoms with Crippen LogP contribution in [0.5, 0.6) is 11.5 Å². The molecule has 1 fully saturated rings. The first kappa shape index (κ1) is 13.7. The summed E-state index contributed by atoms with van der Waals surface area (Å²) in [6.07, 6.45) is 1.94. The van der Waals surface area contributed by atoms with Crippen molar-refractivity contribution in [1.82, 2.24) is 0 Å². The third-order valence-corrected chi connectivity index (χ3v) is 4.38. The number of carboxylic acids is 1. The van der Waals surface area contributed by atoms with Gasteiger partial charge in [0, 0.05) is 23.5 Å². The average molecular weight is 345 g/mol. The van der Waals surface area contributed by atoms with Crippen molar-refractivity contribution >= 4 is 21.9 Å². The fourth-order valence-corrected chi connectivity index (χ4v) is 3.09. The molecule has 1 saturated carbocycles. The van der Waals surface area contributed by atoms with Crippen molar-refractivity contribution < 1.29 is 23.8 Å². The van der Waals surface area contributed by atoms with Crippen molar-refractivity contribution in [3.63, 3.8) is 0 Å². The first-order valence-corrected chi connectivity index (χ1v) is 7.33. The van der Waals surface area contributed by atoms with Crippen LogP contribution in [0.4, 0.5) is 4.39 Å². The molecule has 20 heavy (non-hydrogen) atoms. The minimum Gasteiger partial charge on any atom is -0.490 e. The zero-order valence-corrected chi connectivity index (χ0v) is 12.3.